The van der Waals surface area contributed by atoms with E-state index < -0.39 is 0 Å². The van der Waals surface area contributed by atoms with Crippen molar-refractivity contribution in [3.8, 4) is 0 Å². The lowest BCUT2D eigenvalue weighted by molar-refractivity contribution is -0.132. The standard InChI is InChI=1S/C16H19N3O/c1-19-11-14(8-9-16(19)20)17-10-13-7-6-12-4-2-3-5-15(12)18-13/h2-7,14,17H,8-11H2,1H3. The van der Waals surface area contributed by atoms with Crippen molar-refractivity contribution in [3.63, 3.8) is 0 Å². The molecule has 4 nitrogen and oxygen atoms in total. The molecule has 2 aromatic rings. The third kappa shape index (κ3) is 2.80. The van der Waals surface area contributed by atoms with Crippen molar-refractivity contribution in [2.75, 3.05) is 13.6 Å². The van der Waals surface area contributed by atoms with Crippen LogP contribution in [0.3, 0.4) is 0 Å². The van der Waals surface area contributed by atoms with Gasteiger partial charge in [-0.3, -0.25) is 9.78 Å². The van der Waals surface area contributed by atoms with E-state index in [2.05, 4.69) is 28.5 Å². The molecule has 1 amide bonds. The van der Waals surface area contributed by atoms with E-state index in [9.17, 15) is 4.79 Å². The minimum Gasteiger partial charge on any atom is -0.344 e. The van der Waals surface area contributed by atoms with E-state index in [1.165, 1.54) is 5.39 Å². The summed E-state index contributed by atoms with van der Waals surface area (Å²) >= 11 is 0. The maximum Gasteiger partial charge on any atom is 0.222 e. The zero-order valence-corrected chi connectivity index (χ0v) is 11.7. The van der Waals surface area contributed by atoms with Gasteiger partial charge in [0.2, 0.25) is 5.91 Å². The van der Waals surface area contributed by atoms with Gasteiger partial charge in [0.15, 0.2) is 0 Å². The predicted octanol–water partition coefficient (Wildman–Crippen LogP) is 1.95. The van der Waals surface area contributed by atoms with Crippen molar-refractivity contribution in [3.05, 3.63) is 42.1 Å². The number of carbonyl (C=O) groups is 1. The Kier molecular flexibility index (Phi) is 3.65. The molecule has 1 atom stereocenters. The number of benzene rings is 1. The van der Waals surface area contributed by atoms with Crippen molar-refractivity contribution in [2.45, 2.75) is 25.4 Å². The first kappa shape index (κ1) is 13.1. The molecule has 0 radical (unpaired) electrons. The van der Waals surface area contributed by atoms with Gasteiger partial charge in [0.05, 0.1) is 11.2 Å². The minimum absolute atomic E-state index is 0.242. The summed E-state index contributed by atoms with van der Waals surface area (Å²) < 4.78 is 0. The second-order valence-corrected chi connectivity index (χ2v) is 5.39. The van der Waals surface area contributed by atoms with E-state index in [0.29, 0.717) is 12.5 Å². The Balaban J connectivity index is 1.63. The molecular formula is C16H19N3O. The summed E-state index contributed by atoms with van der Waals surface area (Å²) in [5.74, 6) is 0.242. The van der Waals surface area contributed by atoms with E-state index in [0.717, 1.165) is 30.7 Å². The van der Waals surface area contributed by atoms with Crippen LogP contribution in [-0.2, 0) is 11.3 Å². The highest BCUT2D eigenvalue weighted by Gasteiger charge is 2.22. The van der Waals surface area contributed by atoms with Crippen LogP contribution in [0, 0.1) is 0 Å². The fourth-order valence-corrected chi connectivity index (χ4v) is 2.63. The lowest BCUT2D eigenvalue weighted by Gasteiger charge is -2.30. The Morgan fingerprint density at radius 1 is 1.30 bits per heavy atom. The van der Waals surface area contributed by atoms with E-state index >= 15 is 0 Å². The summed E-state index contributed by atoms with van der Waals surface area (Å²) in [6.07, 6.45) is 1.55. The van der Waals surface area contributed by atoms with Crippen molar-refractivity contribution in [1.82, 2.24) is 15.2 Å². The largest absolute Gasteiger partial charge is 0.344 e. The van der Waals surface area contributed by atoms with Crippen molar-refractivity contribution >= 4 is 16.8 Å². The number of hydrogen-bond donors (Lipinski definition) is 1. The molecule has 1 saturated heterocycles. The number of para-hydroxylation sites is 1. The Morgan fingerprint density at radius 2 is 2.15 bits per heavy atom. The molecule has 1 aliphatic heterocycles. The fourth-order valence-electron chi connectivity index (χ4n) is 2.63. The Hall–Kier alpha value is -1.94. The number of nitrogens with zero attached hydrogens (tertiary/aromatic N) is 2. The smallest absolute Gasteiger partial charge is 0.222 e. The molecule has 1 fully saturated rings. The summed E-state index contributed by atoms with van der Waals surface area (Å²) in [6, 6.07) is 12.7. The van der Waals surface area contributed by atoms with Crippen LogP contribution >= 0.6 is 0 Å². The van der Waals surface area contributed by atoms with Crippen molar-refractivity contribution < 1.29 is 4.79 Å². The molecule has 104 valence electrons. The van der Waals surface area contributed by atoms with Crippen LogP contribution in [0.5, 0.6) is 0 Å². The number of amides is 1. The van der Waals surface area contributed by atoms with E-state index in [-0.39, 0.29) is 5.91 Å². The monoisotopic (exact) mass is 269 g/mol. The van der Waals surface area contributed by atoms with E-state index in [1.807, 2.05) is 25.2 Å². The van der Waals surface area contributed by atoms with Crippen LogP contribution < -0.4 is 5.32 Å². The quantitative estimate of drug-likeness (QED) is 0.926. The molecule has 3 rings (SSSR count). The number of aromatic nitrogens is 1. The number of likely N-dealkylation sites (tertiary alicyclic amines) is 1. The number of nitrogens with one attached hydrogen (secondary N) is 1. The molecule has 1 aliphatic rings. The van der Waals surface area contributed by atoms with Crippen molar-refractivity contribution in [1.29, 1.82) is 0 Å². The van der Waals surface area contributed by atoms with Crippen LogP contribution in [0.15, 0.2) is 36.4 Å². The number of carbonyl (C=O) groups excluding carboxylic acids is 1. The second-order valence-electron chi connectivity index (χ2n) is 5.39. The molecule has 0 bridgehead atoms. The van der Waals surface area contributed by atoms with Gasteiger partial charge in [0, 0.05) is 38.0 Å². The predicted molar refractivity (Wildman–Crippen MR) is 79.2 cm³/mol. The zero-order valence-electron chi connectivity index (χ0n) is 11.7. The highest BCUT2D eigenvalue weighted by Crippen LogP contribution is 2.13. The molecule has 0 saturated carbocycles. The van der Waals surface area contributed by atoms with Gasteiger partial charge < -0.3 is 10.2 Å². The lowest BCUT2D eigenvalue weighted by Crippen LogP contribution is -2.46. The van der Waals surface area contributed by atoms with E-state index in [1.54, 1.807) is 4.90 Å². The van der Waals surface area contributed by atoms with E-state index in [4.69, 9.17) is 0 Å². The Morgan fingerprint density at radius 3 is 3.00 bits per heavy atom. The molecule has 4 heteroatoms. The molecule has 0 aliphatic carbocycles. The summed E-state index contributed by atoms with van der Waals surface area (Å²) in [5, 5.41) is 4.66. The molecule has 1 unspecified atom stereocenters. The SMILES string of the molecule is CN1CC(NCc2ccc3ccccc3n2)CCC1=O. The van der Waals surface area contributed by atoms with Crippen LogP contribution in [0.1, 0.15) is 18.5 Å². The Labute approximate surface area is 118 Å². The average molecular weight is 269 g/mol. The highest BCUT2D eigenvalue weighted by atomic mass is 16.2. The maximum absolute atomic E-state index is 11.4. The summed E-state index contributed by atoms with van der Waals surface area (Å²) in [7, 11) is 1.87. The van der Waals surface area contributed by atoms with Gasteiger partial charge in [-0.25, -0.2) is 0 Å². The number of fused-ring (bicyclic) bond motifs is 1. The zero-order chi connectivity index (χ0) is 13.9. The second kappa shape index (κ2) is 5.59. The van der Waals surface area contributed by atoms with Gasteiger partial charge in [-0.15, -0.1) is 0 Å². The molecule has 2 heterocycles. The molecule has 20 heavy (non-hydrogen) atoms. The van der Waals surface area contributed by atoms with Gasteiger partial charge >= 0.3 is 0 Å². The average Bonchev–Trinajstić information content (AvgIpc) is 2.48. The number of piperidine rings is 1. The topological polar surface area (TPSA) is 45.2 Å². The number of rotatable bonds is 3. The first-order valence-electron chi connectivity index (χ1n) is 7.04. The number of hydrogen-bond acceptors (Lipinski definition) is 3. The van der Waals surface area contributed by atoms with Gasteiger partial charge in [-0.05, 0) is 18.6 Å². The molecule has 1 aromatic carbocycles. The van der Waals surface area contributed by atoms with Crippen LogP contribution in [0.4, 0.5) is 0 Å². The molecular weight excluding hydrogens is 250 g/mol. The Bertz CT molecular complexity index is 626. The molecule has 1 N–H and O–H groups in total. The number of pyridine rings is 1. The minimum atomic E-state index is 0.242. The van der Waals surface area contributed by atoms with Crippen LogP contribution in [0.2, 0.25) is 0 Å². The summed E-state index contributed by atoms with van der Waals surface area (Å²) in [6.45, 7) is 1.53. The van der Waals surface area contributed by atoms with Crippen LogP contribution in [-0.4, -0.2) is 35.4 Å². The molecule has 1 aromatic heterocycles. The third-order valence-corrected chi connectivity index (χ3v) is 3.85. The summed E-state index contributed by atoms with van der Waals surface area (Å²) in [4.78, 5) is 17.9. The first-order valence-corrected chi connectivity index (χ1v) is 7.04. The first-order chi connectivity index (χ1) is 9.72. The van der Waals surface area contributed by atoms with Crippen LogP contribution in [0.25, 0.3) is 10.9 Å². The van der Waals surface area contributed by atoms with Gasteiger partial charge in [-0.1, -0.05) is 24.3 Å². The summed E-state index contributed by atoms with van der Waals surface area (Å²) in [5.41, 5.74) is 2.07. The van der Waals surface area contributed by atoms with Gasteiger partial charge in [0.25, 0.3) is 0 Å². The molecule has 0 spiro atoms. The third-order valence-electron chi connectivity index (χ3n) is 3.85. The maximum atomic E-state index is 11.4. The van der Waals surface area contributed by atoms with Gasteiger partial charge in [-0.2, -0.15) is 0 Å². The lowest BCUT2D eigenvalue weighted by atomic mass is 10.1. The van der Waals surface area contributed by atoms with Gasteiger partial charge in [0.1, 0.15) is 0 Å². The number of likely N-dealkylation sites (N-methyl/N-ethyl adjacent to an activating group) is 1. The normalized spacial score (nSPS) is 19.6. The van der Waals surface area contributed by atoms with Crippen molar-refractivity contribution in [2.24, 2.45) is 0 Å². The highest BCUT2D eigenvalue weighted by molar-refractivity contribution is 5.78. The fraction of sp³-hybridized carbons (Fsp3) is 0.375.